The van der Waals surface area contributed by atoms with E-state index in [0.29, 0.717) is 96.8 Å². The van der Waals surface area contributed by atoms with Gasteiger partial charge in [0.05, 0.1) is 94.9 Å². The largest absolute Gasteiger partial charge is 0.495 e. The maximum Gasteiger partial charge on any atom is 0.406 e. The van der Waals surface area contributed by atoms with Crippen molar-refractivity contribution in [1.82, 2.24) is 44.2 Å². The third-order valence-electron chi connectivity index (χ3n) is 14.7. The summed E-state index contributed by atoms with van der Waals surface area (Å²) in [6.07, 6.45) is 1.48. The fourth-order valence-electron chi connectivity index (χ4n) is 9.88. The van der Waals surface area contributed by atoms with Gasteiger partial charge in [-0.05, 0) is 113 Å². The number of ether oxygens (including phenoxy) is 4. The van der Waals surface area contributed by atoms with Crippen LogP contribution >= 0.6 is 0 Å². The van der Waals surface area contributed by atoms with Crippen molar-refractivity contribution in [2.75, 3.05) is 128 Å². The van der Waals surface area contributed by atoms with Crippen molar-refractivity contribution in [3.05, 3.63) is 114 Å². The molecule has 0 spiro atoms. The Morgan fingerprint density at radius 3 is 2.33 bits per heavy atom. The van der Waals surface area contributed by atoms with Crippen LogP contribution in [0.2, 0.25) is 0 Å². The van der Waals surface area contributed by atoms with Crippen LogP contribution in [0.1, 0.15) is 67.7 Å². The van der Waals surface area contributed by atoms with E-state index in [1.54, 1.807) is 65.8 Å². The van der Waals surface area contributed by atoms with E-state index in [0.717, 1.165) is 48.4 Å². The van der Waals surface area contributed by atoms with Gasteiger partial charge in [-0.3, -0.25) is 14.6 Å². The van der Waals surface area contributed by atoms with E-state index in [1.807, 2.05) is 73.9 Å². The van der Waals surface area contributed by atoms with Gasteiger partial charge < -0.3 is 69.2 Å². The molecule has 85 heavy (non-hydrogen) atoms. The zero-order chi connectivity index (χ0) is 60.3. The summed E-state index contributed by atoms with van der Waals surface area (Å²) in [6, 6.07) is 25.9. The van der Waals surface area contributed by atoms with Crippen molar-refractivity contribution in [2.45, 2.75) is 77.4 Å². The van der Waals surface area contributed by atoms with E-state index < -0.39 is 18.8 Å². The second-order valence-corrected chi connectivity index (χ2v) is 21.1. The summed E-state index contributed by atoms with van der Waals surface area (Å²) in [7, 11) is 5.24. The van der Waals surface area contributed by atoms with Crippen molar-refractivity contribution in [3.63, 3.8) is 0 Å². The molecule has 0 aliphatic carbocycles. The number of methoxy groups -OCH3 is 1. The first kappa shape index (κ1) is 63.0. The Morgan fingerprint density at radius 1 is 0.882 bits per heavy atom. The number of aliphatic hydroxyl groups excluding tert-OH is 1. The number of likely N-dealkylation sites (tertiary alicyclic amines) is 1. The maximum absolute atomic E-state index is 13.8. The molecule has 454 valence electrons. The number of anilines is 4. The molecule has 0 unspecified atom stereocenters. The van der Waals surface area contributed by atoms with Crippen molar-refractivity contribution in [2.24, 2.45) is 0 Å². The molecule has 5 heterocycles. The highest BCUT2D eigenvalue weighted by atomic mass is 19.4. The summed E-state index contributed by atoms with van der Waals surface area (Å²) >= 11 is 0. The van der Waals surface area contributed by atoms with Gasteiger partial charge in [0.15, 0.2) is 17.0 Å². The van der Waals surface area contributed by atoms with Crippen LogP contribution in [-0.2, 0) is 32.1 Å². The molecular weight excluding hydrogens is 1100 g/mol. The standard InChI is InChI=1S/C62H78F3N13O7/c1-7-48(40-79)76(61-72-58(57-59(73-61)78(42-70-57)43(2)3)69-38-44-16-18-45(19-17-44)51-13-8-9-24-66-51)39-56(80)68-26-30-83-32-34-85-35-33-84-31-29-75(5)60(81)46-20-21-53(55(36-46)82-6)67-25-11-12-49-37-50-52(71-47-22-27-74(4)28-23-47)14-10-15-54(50)77(49)41-62(63,64)65/h8-10,13-21,24,36-37,42-43,47-48,67,71,79H,7,22-23,25-35,38-41H2,1-6H3,(H,68,80)(H,69,72,73)/t48-/m1/s1. The van der Waals surface area contributed by atoms with Gasteiger partial charge in [0, 0.05) is 67.2 Å². The smallest absolute Gasteiger partial charge is 0.406 e. The molecule has 0 saturated carbocycles. The van der Waals surface area contributed by atoms with Gasteiger partial charge in [-0.2, -0.15) is 23.1 Å². The average molecular weight is 1170 g/mol. The zero-order valence-electron chi connectivity index (χ0n) is 49.3. The normalized spacial score (nSPS) is 13.4. The van der Waals surface area contributed by atoms with Crippen LogP contribution in [0.15, 0.2) is 97.5 Å². The first-order valence-electron chi connectivity index (χ1n) is 28.8. The minimum atomic E-state index is -4.45. The van der Waals surface area contributed by atoms with Gasteiger partial charge in [0.1, 0.15) is 18.8 Å². The van der Waals surface area contributed by atoms with E-state index in [-0.39, 0.29) is 69.0 Å². The predicted molar refractivity (Wildman–Crippen MR) is 324 cm³/mol. The SMILES string of the molecule is CC[C@H](CO)N(CC(=O)NCCOCCOCCOCCN(C)C(=O)c1ccc(NCC#Cc2cc3c(NC4CCN(C)CC4)cccc3n2CC(F)(F)F)c(OC)c1)c1nc(NCc2ccc(-c3ccccn3)cc2)c2ncn(C(C)C)c2n1. The number of nitrogens with zero attached hydrogens (tertiary/aromatic N) is 9. The van der Waals surface area contributed by atoms with Crippen LogP contribution in [-0.4, -0.2) is 181 Å². The molecule has 2 amide bonds. The number of nitrogens with one attached hydrogen (secondary N) is 4. The molecule has 1 aliphatic heterocycles. The molecule has 20 nitrogen and oxygen atoms in total. The number of halogens is 3. The van der Waals surface area contributed by atoms with Crippen LogP contribution in [0.3, 0.4) is 0 Å². The first-order valence-corrected chi connectivity index (χ1v) is 28.8. The quantitative estimate of drug-likeness (QED) is 0.0213. The molecule has 4 aromatic heterocycles. The molecular formula is C62H78F3N13O7. The number of likely N-dealkylation sites (N-methyl/N-ethyl adjacent to an activating group) is 1. The number of carbonyl (C=O) groups excluding carboxylic acids is 2. The maximum atomic E-state index is 13.8. The minimum Gasteiger partial charge on any atom is -0.495 e. The fourth-order valence-corrected chi connectivity index (χ4v) is 9.88. The number of aliphatic hydroxyl groups is 1. The molecule has 7 aromatic rings. The number of benzene rings is 3. The Kier molecular flexibility index (Phi) is 22.8. The molecule has 8 rings (SSSR count). The van der Waals surface area contributed by atoms with E-state index >= 15 is 0 Å². The van der Waals surface area contributed by atoms with Gasteiger partial charge >= 0.3 is 6.18 Å². The molecule has 1 aliphatic rings. The van der Waals surface area contributed by atoms with Crippen LogP contribution in [0.4, 0.5) is 36.3 Å². The van der Waals surface area contributed by atoms with Crippen molar-refractivity contribution < 1.29 is 46.8 Å². The number of rotatable bonds is 30. The lowest BCUT2D eigenvalue weighted by atomic mass is 10.0. The lowest BCUT2D eigenvalue weighted by Crippen LogP contribution is -2.46. The van der Waals surface area contributed by atoms with Crippen molar-refractivity contribution in [1.29, 1.82) is 0 Å². The third kappa shape index (κ3) is 17.5. The molecule has 23 heteroatoms. The summed E-state index contributed by atoms with van der Waals surface area (Å²) in [5.74, 6) is 6.61. The van der Waals surface area contributed by atoms with Crippen LogP contribution in [0.25, 0.3) is 33.3 Å². The van der Waals surface area contributed by atoms with Crippen molar-refractivity contribution in [3.8, 4) is 28.8 Å². The molecule has 0 bridgehead atoms. The number of aromatic nitrogens is 6. The van der Waals surface area contributed by atoms with Gasteiger partial charge in [-0.25, -0.2) is 4.98 Å². The van der Waals surface area contributed by atoms with Gasteiger partial charge in [0.25, 0.3) is 5.91 Å². The number of imidazole rings is 1. The number of fused-ring (bicyclic) bond motifs is 2. The number of carbonyl (C=O) groups is 2. The number of hydrogen-bond acceptors (Lipinski definition) is 16. The highest BCUT2D eigenvalue weighted by Crippen LogP contribution is 2.33. The summed E-state index contributed by atoms with van der Waals surface area (Å²) in [4.78, 5) is 51.2. The third-order valence-corrected chi connectivity index (χ3v) is 14.7. The average Bonchev–Trinajstić information content (AvgIpc) is 2.76. The Labute approximate surface area is 494 Å². The van der Waals surface area contributed by atoms with Crippen LogP contribution < -0.4 is 30.9 Å². The highest BCUT2D eigenvalue weighted by Gasteiger charge is 2.31. The van der Waals surface area contributed by atoms with Gasteiger partial charge in [-0.1, -0.05) is 49.2 Å². The monoisotopic (exact) mass is 1170 g/mol. The second kappa shape index (κ2) is 30.7. The Bertz CT molecular complexity index is 3340. The van der Waals surface area contributed by atoms with Gasteiger partial charge in [-0.15, -0.1) is 0 Å². The summed E-state index contributed by atoms with van der Waals surface area (Å²) < 4.78 is 67.4. The van der Waals surface area contributed by atoms with E-state index in [4.69, 9.17) is 28.9 Å². The molecule has 1 saturated heterocycles. The molecule has 1 atom stereocenters. The lowest BCUT2D eigenvalue weighted by molar-refractivity contribution is -0.140. The summed E-state index contributed by atoms with van der Waals surface area (Å²) in [5, 5.41) is 24.2. The second-order valence-electron chi connectivity index (χ2n) is 21.1. The van der Waals surface area contributed by atoms with E-state index in [2.05, 4.69) is 55.0 Å². The zero-order valence-corrected chi connectivity index (χ0v) is 49.3. The first-order chi connectivity index (χ1) is 41.1. The molecule has 5 N–H and O–H groups in total. The Hall–Kier alpha value is -8.01. The molecule has 0 radical (unpaired) electrons. The number of hydrogen-bond donors (Lipinski definition) is 5. The Morgan fingerprint density at radius 2 is 1.64 bits per heavy atom. The van der Waals surface area contributed by atoms with Crippen LogP contribution in [0, 0.1) is 11.8 Å². The molecule has 3 aromatic carbocycles. The van der Waals surface area contributed by atoms with E-state index in [9.17, 15) is 27.9 Å². The number of piperidine rings is 1. The molecule has 1 fully saturated rings. The number of alkyl halides is 3. The summed E-state index contributed by atoms with van der Waals surface area (Å²) in [6.45, 7) is 9.29. The highest BCUT2D eigenvalue weighted by molar-refractivity contribution is 5.96. The number of pyridine rings is 1. The predicted octanol–water partition coefficient (Wildman–Crippen LogP) is 8.09. The Balaban J connectivity index is 0.731. The summed E-state index contributed by atoms with van der Waals surface area (Å²) in [5.41, 5.74) is 6.59. The van der Waals surface area contributed by atoms with Gasteiger partial charge in [0.2, 0.25) is 11.9 Å². The van der Waals surface area contributed by atoms with Crippen molar-refractivity contribution >= 4 is 57.0 Å². The van der Waals surface area contributed by atoms with E-state index in [1.165, 1.54) is 11.7 Å². The topological polar surface area (TPSA) is 211 Å². The lowest BCUT2D eigenvalue weighted by Gasteiger charge is -2.30. The number of amides is 2. The minimum absolute atomic E-state index is 0.0489. The fraction of sp³-hybridized carbons (Fsp3) is 0.452. The van der Waals surface area contributed by atoms with Crippen LogP contribution in [0.5, 0.6) is 5.75 Å².